The number of amides is 1. The third kappa shape index (κ3) is 4.83. The first-order chi connectivity index (χ1) is 12.2. The molecule has 25 heavy (non-hydrogen) atoms. The maximum atomic E-state index is 12.9. The van der Waals surface area contributed by atoms with Gasteiger partial charge in [0.05, 0.1) is 5.56 Å². The summed E-state index contributed by atoms with van der Waals surface area (Å²) in [4.78, 5) is 18.7. The maximum absolute atomic E-state index is 12.9. The van der Waals surface area contributed by atoms with E-state index in [9.17, 15) is 9.90 Å². The molecule has 3 rings (SSSR count). The minimum absolute atomic E-state index is 0.149. The zero-order valence-corrected chi connectivity index (χ0v) is 16.3. The number of thiophene rings is 1. The predicted molar refractivity (Wildman–Crippen MR) is 103 cm³/mol. The Balaban J connectivity index is 1.60. The first kappa shape index (κ1) is 18.9. The molecule has 1 amide bonds. The first-order valence-corrected chi connectivity index (χ1v) is 10.8. The van der Waals surface area contributed by atoms with Crippen LogP contribution in [-0.2, 0) is 6.42 Å². The maximum Gasteiger partial charge on any atom is 0.254 e. The van der Waals surface area contributed by atoms with Gasteiger partial charge in [0.15, 0.2) is 0 Å². The molecule has 0 aromatic carbocycles. The lowest BCUT2D eigenvalue weighted by Crippen LogP contribution is -2.35. The van der Waals surface area contributed by atoms with Gasteiger partial charge in [-0.15, -0.1) is 11.3 Å². The molecule has 4 nitrogen and oxygen atoms in total. The SMILES string of the molecule is CCCc1cc(C(=O)N2CC(CO)C(CN3CCCCCC3)C2)cs1. The van der Waals surface area contributed by atoms with Crippen LogP contribution in [0.25, 0.3) is 0 Å². The van der Waals surface area contributed by atoms with Crippen molar-refractivity contribution >= 4 is 17.2 Å². The molecule has 5 heteroatoms. The molecule has 1 aromatic heterocycles. The monoisotopic (exact) mass is 364 g/mol. The Morgan fingerprint density at radius 2 is 1.92 bits per heavy atom. The van der Waals surface area contributed by atoms with Gasteiger partial charge in [-0.1, -0.05) is 26.2 Å². The minimum Gasteiger partial charge on any atom is -0.396 e. The van der Waals surface area contributed by atoms with Crippen molar-refractivity contribution in [1.82, 2.24) is 9.80 Å². The van der Waals surface area contributed by atoms with E-state index in [0.717, 1.165) is 31.5 Å². The van der Waals surface area contributed by atoms with Gasteiger partial charge in [0.25, 0.3) is 5.91 Å². The third-order valence-electron chi connectivity index (χ3n) is 5.69. The lowest BCUT2D eigenvalue weighted by atomic mass is 9.96. The summed E-state index contributed by atoms with van der Waals surface area (Å²) in [6.07, 6.45) is 7.42. The fourth-order valence-electron chi connectivity index (χ4n) is 4.22. The van der Waals surface area contributed by atoms with Gasteiger partial charge < -0.3 is 14.9 Å². The van der Waals surface area contributed by atoms with Gasteiger partial charge in [0.1, 0.15) is 0 Å². The Morgan fingerprint density at radius 1 is 1.20 bits per heavy atom. The highest BCUT2D eigenvalue weighted by atomic mass is 32.1. The fraction of sp³-hybridized carbons (Fsp3) is 0.750. The molecular formula is C20H32N2O2S. The van der Waals surface area contributed by atoms with E-state index >= 15 is 0 Å². The zero-order chi connectivity index (χ0) is 17.6. The highest BCUT2D eigenvalue weighted by Crippen LogP contribution is 2.27. The molecule has 1 aromatic rings. The number of likely N-dealkylation sites (tertiary alicyclic amines) is 2. The average Bonchev–Trinajstić information content (AvgIpc) is 3.16. The van der Waals surface area contributed by atoms with Crippen molar-refractivity contribution in [2.45, 2.75) is 45.4 Å². The van der Waals surface area contributed by atoms with Crippen LogP contribution in [0.5, 0.6) is 0 Å². The second-order valence-electron chi connectivity index (χ2n) is 7.68. The summed E-state index contributed by atoms with van der Waals surface area (Å²) in [7, 11) is 0. The van der Waals surface area contributed by atoms with Crippen molar-refractivity contribution < 1.29 is 9.90 Å². The second-order valence-corrected chi connectivity index (χ2v) is 8.68. The molecule has 2 unspecified atom stereocenters. The van der Waals surface area contributed by atoms with E-state index in [0.29, 0.717) is 12.5 Å². The Kier molecular flexibility index (Phi) is 6.91. The molecule has 2 fully saturated rings. The van der Waals surface area contributed by atoms with Gasteiger partial charge in [-0.3, -0.25) is 4.79 Å². The van der Waals surface area contributed by atoms with Gasteiger partial charge in [0.2, 0.25) is 0 Å². The lowest BCUT2D eigenvalue weighted by molar-refractivity contribution is 0.0779. The zero-order valence-electron chi connectivity index (χ0n) is 15.5. The number of aliphatic hydroxyl groups excluding tert-OH is 1. The number of aryl methyl sites for hydroxylation is 1. The van der Waals surface area contributed by atoms with Gasteiger partial charge >= 0.3 is 0 Å². The highest BCUT2D eigenvalue weighted by molar-refractivity contribution is 7.10. The smallest absolute Gasteiger partial charge is 0.254 e. The quantitative estimate of drug-likeness (QED) is 0.843. The molecule has 3 heterocycles. The molecule has 2 aliphatic rings. The minimum atomic E-state index is 0.149. The van der Waals surface area contributed by atoms with Crippen molar-refractivity contribution in [3.8, 4) is 0 Å². The van der Waals surface area contributed by atoms with Crippen molar-refractivity contribution in [2.24, 2.45) is 11.8 Å². The molecule has 140 valence electrons. The Labute approximate surface area is 155 Å². The van der Waals surface area contributed by atoms with E-state index in [-0.39, 0.29) is 18.4 Å². The predicted octanol–water partition coefficient (Wildman–Crippen LogP) is 3.26. The summed E-state index contributed by atoms with van der Waals surface area (Å²) in [6.45, 7) is 7.22. The molecule has 0 radical (unpaired) electrons. The average molecular weight is 365 g/mol. The standard InChI is InChI=1S/C20H32N2O2S/c1-2-7-19-10-16(15-25-19)20(24)22-12-17(18(13-22)14-23)11-21-8-5-3-4-6-9-21/h10,15,17-18,23H,2-9,11-14H2,1H3. The van der Waals surface area contributed by atoms with Crippen LogP contribution < -0.4 is 0 Å². The normalized spacial score (nSPS) is 25.3. The van der Waals surface area contributed by atoms with Crippen molar-refractivity contribution in [3.05, 3.63) is 21.9 Å². The van der Waals surface area contributed by atoms with Crippen LogP contribution in [0.2, 0.25) is 0 Å². The number of hydrogen-bond acceptors (Lipinski definition) is 4. The van der Waals surface area contributed by atoms with Crippen LogP contribution in [-0.4, -0.2) is 60.1 Å². The number of carbonyl (C=O) groups is 1. The Bertz CT molecular complexity index is 552. The molecule has 0 bridgehead atoms. The molecule has 1 N–H and O–H groups in total. The number of aliphatic hydroxyl groups is 1. The van der Waals surface area contributed by atoms with Crippen LogP contribution in [0.1, 0.15) is 54.3 Å². The summed E-state index contributed by atoms with van der Waals surface area (Å²) < 4.78 is 0. The third-order valence-corrected chi connectivity index (χ3v) is 6.68. The van der Waals surface area contributed by atoms with Crippen LogP contribution in [0, 0.1) is 11.8 Å². The van der Waals surface area contributed by atoms with E-state index in [2.05, 4.69) is 17.9 Å². The lowest BCUT2D eigenvalue weighted by Gasteiger charge is -2.26. The van der Waals surface area contributed by atoms with Crippen LogP contribution in [0.3, 0.4) is 0 Å². The molecule has 0 aliphatic carbocycles. The summed E-state index contributed by atoms with van der Waals surface area (Å²) in [5.74, 6) is 0.775. The number of carbonyl (C=O) groups excluding carboxylic acids is 1. The number of nitrogens with zero attached hydrogens (tertiary/aromatic N) is 2. The van der Waals surface area contributed by atoms with Crippen LogP contribution in [0.4, 0.5) is 0 Å². The molecule has 2 aliphatic heterocycles. The van der Waals surface area contributed by atoms with Crippen molar-refractivity contribution in [2.75, 3.05) is 39.3 Å². The summed E-state index contributed by atoms with van der Waals surface area (Å²) in [5, 5.41) is 11.8. The molecule has 2 saturated heterocycles. The van der Waals surface area contributed by atoms with Crippen molar-refractivity contribution in [1.29, 1.82) is 0 Å². The summed E-state index contributed by atoms with van der Waals surface area (Å²) in [5.41, 5.74) is 0.834. The Hall–Kier alpha value is -0.910. The van der Waals surface area contributed by atoms with Gasteiger partial charge in [-0.2, -0.15) is 0 Å². The van der Waals surface area contributed by atoms with E-state index in [1.165, 1.54) is 43.6 Å². The fourth-order valence-corrected chi connectivity index (χ4v) is 5.19. The second kappa shape index (κ2) is 9.15. The number of hydrogen-bond donors (Lipinski definition) is 1. The largest absolute Gasteiger partial charge is 0.396 e. The molecule has 0 saturated carbocycles. The summed E-state index contributed by atoms with van der Waals surface area (Å²) >= 11 is 1.69. The Morgan fingerprint density at radius 3 is 2.60 bits per heavy atom. The van der Waals surface area contributed by atoms with E-state index < -0.39 is 0 Å². The van der Waals surface area contributed by atoms with Gasteiger partial charge in [-0.25, -0.2) is 0 Å². The molecule has 0 spiro atoms. The van der Waals surface area contributed by atoms with E-state index in [4.69, 9.17) is 0 Å². The van der Waals surface area contributed by atoms with Crippen LogP contribution in [0.15, 0.2) is 11.4 Å². The van der Waals surface area contributed by atoms with E-state index in [1.807, 2.05) is 10.3 Å². The topological polar surface area (TPSA) is 43.8 Å². The van der Waals surface area contributed by atoms with Gasteiger partial charge in [-0.05, 0) is 44.3 Å². The van der Waals surface area contributed by atoms with E-state index in [1.54, 1.807) is 11.3 Å². The van der Waals surface area contributed by atoms with Crippen LogP contribution >= 0.6 is 11.3 Å². The van der Waals surface area contributed by atoms with Crippen molar-refractivity contribution in [3.63, 3.8) is 0 Å². The summed E-state index contributed by atoms with van der Waals surface area (Å²) in [6, 6.07) is 2.06. The molecular weight excluding hydrogens is 332 g/mol. The number of rotatable bonds is 6. The molecule has 2 atom stereocenters. The van der Waals surface area contributed by atoms with Gasteiger partial charge in [0, 0.05) is 42.4 Å². The first-order valence-electron chi connectivity index (χ1n) is 9.91. The highest BCUT2D eigenvalue weighted by Gasteiger charge is 2.36.